The number of ether oxygens (including phenoxy) is 1. The molecule has 2 rings (SSSR count). The zero-order valence-corrected chi connectivity index (χ0v) is 12.3. The van der Waals surface area contributed by atoms with Crippen LogP contribution in [-0.2, 0) is 0 Å². The molecule has 0 radical (unpaired) electrons. The molecular weight excluding hydrogens is 324 g/mol. The van der Waals surface area contributed by atoms with E-state index in [2.05, 4.69) is 21.2 Å². The van der Waals surface area contributed by atoms with Crippen LogP contribution in [-0.4, -0.2) is 18.1 Å². The third kappa shape index (κ3) is 3.03. The fourth-order valence-corrected chi connectivity index (χ4v) is 2.08. The van der Waals surface area contributed by atoms with E-state index < -0.39 is 0 Å². The number of amides is 1. The first-order valence-electron chi connectivity index (χ1n) is 5.74. The third-order valence-corrected chi connectivity index (χ3v) is 3.38. The van der Waals surface area contributed by atoms with Gasteiger partial charge in [-0.3, -0.25) is 4.79 Å². The molecule has 2 aromatic rings. The van der Waals surface area contributed by atoms with E-state index in [1.165, 1.54) is 19.2 Å². The van der Waals surface area contributed by atoms with Gasteiger partial charge in [-0.15, -0.1) is 0 Å². The molecule has 4 N–H and O–H groups in total. The average molecular weight is 337 g/mol. The molecule has 0 saturated heterocycles. The van der Waals surface area contributed by atoms with Crippen LogP contribution in [0.25, 0.3) is 0 Å². The quantitative estimate of drug-likeness (QED) is 0.594. The number of hydrogen-bond acceptors (Lipinski definition) is 4. The highest BCUT2D eigenvalue weighted by Crippen LogP contribution is 2.29. The van der Waals surface area contributed by atoms with Gasteiger partial charge in [0.25, 0.3) is 5.91 Å². The minimum absolute atomic E-state index is 0.0424. The minimum atomic E-state index is -0.382. The first kappa shape index (κ1) is 14.2. The molecule has 0 unspecified atom stereocenters. The zero-order valence-electron chi connectivity index (χ0n) is 10.7. The summed E-state index contributed by atoms with van der Waals surface area (Å²) in [6.07, 6.45) is 0. The van der Waals surface area contributed by atoms with Crippen LogP contribution in [0.2, 0.25) is 0 Å². The van der Waals surface area contributed by atoms with Crippen molar-refractivity contribution in [3.05, 3.63) is 46.4 Å². The van der Waals surface area contributed by atoms with Crippen molar-refractivity contribution in [1.82, 2.24) is 0 Å². The highest BCUT2D eigenvalue weighted by Gasteiger charge is 2.13. The number of anilines is 2. The number of nitrogen functional groups attached to an aromatic ring is 1. The fraction of sp³-hybridized carbons (Fsp3) is 0.0714. The van der Waals surface area contributed by atoms with E-state index in [1.54, 1.807) is 24.3 Å². The molecule has 0 spiro atoms. The van der Waals surface area contributed by atoms with Gasteiger partial charge < -0.3 is 20.9 Å². The predicted octanol–water partition coefficient (Wildman–Crippen LogP) is 3.00. The summed E-state index contributed by atoms with van der Waals surface area (Å²) in [5.41, 5.74) is 6.79. The summed E-state index contributed by atoms with van der Waals surface area (Å²) in [6.45, 7) is 0. The van der Waals surface area contributed by atoms with Crippen molar-refractivity contribution in [2.45, 2.75) is 0 Å². The smallest absolute Gasteiger partial charge is 0.256 e. The van der Waals surface area contributed by atoms with Crippen molar-refractivity contribution < 1.29 is 14.6 Å². The Balaban J connectivity index is 2.30. The Kier molecular flexibility index (Phi) is 4.14. The molecule has 0 bridgehead atoms. The molecule has 0 fully saturated rings. The molecule has 0 aliphatic carbocycles. The lowest BCUT2D eigenvalue weighted by molar-refractivity contribution is 0.102. The molecule has 0 heterocycles. The van der Waals surface area contributed by atoms with Gasteiger partial charge in [-0.2, -0.15) is 0 Å². The van der Waals surface area contributed by atoms with E-state index in [9.17, 15) is 9.90 Å². The lowest BCUT2D eigenvalue weighted by Crippen LogP contribution is -2.13. The summed E-state index contributed by atoms with van der Waals surface area (Å²) >= 11 is 3.29. The molecular formula is C14H13BrN2O3. The fourth-order valence-electron chi connectivity index (χ4n) is 1.65. The maximum Gasteiger partial charge on any atom is 0.256 e. The van der Waals surface area contributed by atoms with Gasteiger partial charge in [0.2, 0.25) is 0 Å². The summed E-state index contributed by atoms with van der Waals surface area (Å²) in [6, 6.07) is 9.51. The Morgan fingerprint density at radius 1 is 1.30 bits per heavy atom. The Morgan fingerprint density at radius 3 is 2.75 bits per heavy atom. The number of carbonyl (C=O) groups excluding carboxylic acids is 1. The molecule has 0 aromatic heterocycles. The Bertz CT molecular complexity index is 659. The van der Waals surface area contributed by atoms with Gasteiger partial charge in [0.05, 0.1) is 18.4 Å². The van der Waals surface area contributed by atoms with Crippen LogP contribution in [0.1, 0.15) is 10.4 Å². The van der Waals surface area contributed by atoms with E-state index >= 15 is 0 Å². The van der Waals surface area contributed by atoms with E-state index in [4.69, 9.17) is 10.5 Å². The Hall–Kier alpha value is -2.21. The molecule has 1 amide bonds. The van der Waals surface area contributed by atoms with Crippen LogP contribution in [0.5, 0.6) is 11.5 Å². The van der Waals surface area contributed by atoms with Gasteiger partial charge in [-0.05, 0) is 46.3 Å². The lowest BCUT2D eigenvalue weighted by atomic mass is 10.2. The number of halogens is 1. The lowest BCUT2D eigenvalue weighted by Gasteiger charge is -2.10. The second-order valence-electron chi connectivity index (χ2n) is 4.08. The number of nitrogens with two attached hydrogens (primary N) is 1. The van der Waals surface area contributed by atoms with E-state index in [-0.39, 0.29) is 17.3 Å². The Morgan fingerprint density at radius 2 is 2.05 bits per heavy atom. The molecule has 0 atom stereocenters. The molecule has 20 heavy (non-hydrogen) atoms. The number of hydrogen-bond donors (Lipinski definition) is 3. The first-order valence-corrected chi connectivity index (χ1v) is 6.54. The minimum Gasteiger partial charge on any atom is -0.506 e. The number of rotatable bonds is 3. The van der Waals surface area contributed by atoms with Gasteiger partial charge in [0.15, 0.2) is 0 Å². The van der Waals surface area contributed by atoms with Crippen molar-refractivity contribution in [3.63, 3.8) is 0 Å². The van der Waals surface area contributed by atoms with Crippen LogP contribution < -0.4 is 15.8 Å². The van der Waals surface area contributed by atoms with Gasteiger partial charge in [0.1, 0.15) is 11.5 Å². The average Bonchev–Trinajstić information content (AvgIpc) is 2.43. The molecule has 0 aliphatic rings. The topological polar surface area (TPSA) is 84.6 Å². The highest BCUT2D eigenvalue weighted by atomic mass is 79.9. The number of aromatic hydroxyl groups is 1. The van der Waals surface area contributed by atoms with Crippen LogP contribution in [0.3, 0.4) is 0 Å². The SMILES string of the molecule is COc1ccc(O)c(NC(=O)c2cc(N)ccc2Br)c1. The standard InChI is InChI=1S/C14H13BrN2O3/c1-20-9-3-5-13(18)12(7-9)17-14(19)10-6-8(16)2-4-11(10)15/h2-7,18H,16H2,1H3,(H,17,19). The number of methoxy groups -OCH3 is 1. The number of carbonyl (C=O) groups is 1. The summed E-state index contributed by atoms with van der Waals surface area (Å²) in [4.78, 5) is 12.2. The predicted molar refractivity (Wildman–Crippen MR) is 81.2 cm³/mol. The normalized spacial score (nSPS) is 10.1. The third-order valence-electron chi connectivity index (χ3n) is 2.69. The molecule has 5 nitrogen and oxygen atoms in total. The van der Waals surface area contributed by atoms with E-state index in [0.717, 1.165) is 0 Å². The van der Waals surface area contributed by atoms with Crippen LogP contribution in [0, 0.1) is 0 Å². The molecule has 0 aliphatic heterocycles. The molecule has 6 heteroatoms. The maximum atomic E-state index is 12.2. The van der Waals surface area contributed by atoms with Gasteiger partial charge >= 0.3 is 0 Å². The van der Waals surface area contributed by atoms with Gasteiger partial charge in [0, 0.05) is 16.2 Å². The van der Waals surface area contributed by atoms with E-state index in [1.807, 2.05) is 0 Å². The first-order chi connectivity index (χ1) is 9.51. The van der Waals surface area contributed by atoms with Crippen molar-refractivity contribution in [1.29, 1.82) is 0 Å². The largest absolute Gasteiger partial charge is 0.506 e. The number of phenolic OH excluding ortho intramolecular Hbond substituents is 1. The summed E-state index contributed by atoms with van der Waals surface area (Å²) in [5.74, 6) is 0.108. The molecule has 2 aromatic carbocycles. The molecule has 0 saturated carbocycles. The Labute approximate surface area is 124 Å². The van der Waals surface area contributed by atoms with E-state index in [0.29, 0.717) is 21.5 Å². The summed E-state index contributed by atoms with van der Waals surface area (Å²) in [5, 5.41) is 12.4. The van der Waals surface area contributed by atoms with Crippen LogP contribution in [0.4, 0.5) is 11.4 Å². The van der Waals surface area contributed by atoms with Gasteiger partial charge in [-0.25, -0.2) is 0 Å². The summed E-state index contributed by atoms with van der Waals surface area (Å²) in [7, 11) is 1.51. The highest BCUT2D eigenvalue weighted by molar-refractivity contribution is 9.10. The number of phenols is 1. The number of benzene rings is 2. The second kappa shape index (κ2) is 5.83. The summed E-state index contributed by atoms with van der Waals surface area (Å²) < 4.78 is 5.67. The van der Waals surface area contributed by atoms with Gasteiger partial charge in [-0.1, -0.05) is 0 Å². The van der Waals surface area contributed by atoms with Crippen LogP contribution in [0.15, 0.2) is 40.9 Å². The molecule has 104 valence electrons. The van der Waals surface area contributed by atoms with Crippen LogP contribution >= 0.6 is 15.9 Å². The maximum absolute atomic E-state index is 12.2. The van der Waals surface area contributed by atoms with Crippen molar-refractivity contribution in [2.75, 3.05) is 18.2 Å². The van der Waals surface area contributed by atoms with Crippen molar-refractivity contribution >= 4 is 33.2 Å². The number of nitrogens with one attached hydrogen (secondary N) is 1. The van der Waals surface area contributed by atoms with Crippen molar-refractivity contribution in [2.24, 2.45) is 0 Å². The zero-order chi connectivity index (χ0) is 14.7. The second-order valence-corrected chi connectivity index (χ2v) is 4.93. The monoisotopic (exact) mass is 336 g/mol. The van der Waals surface area contributed by atoms with Crippen molar-refractivity contribution in [3.8, 4) is 11.5 Å².